The molecule has 222 valence electrons. The fourth-order valence-corrected chi connectivity index (χ4v) is 8.89. The number of hydrogen-bond acceptors (Lipinski definition) is 0. The van der Waals surface area contributed by atoms with Gasteiger partial charge in [-0.1, -0.05) is 136 Å². The van der Waals surface area contributed by atoms with Crippen molar-refractivity contribution in [1.29, 1.82) is 0 Å². The van der Waals surface area contributed by atoms with Gasteiger partial charge in [-0.05, 0) is 112 Å². The Kier molecular flexibility index (Phi) is 6.60. The molecule has 3 aliphatic rings. The quantitative estimate of drug-likeness (QED) is 0.228. The molecule has 0 aliphatic heterocycles. The lowest BCUT2D eigenvalue weighted by atomic mass is 9.78. The average Bonchev–Trinajstić information content (AvgIpc) is 3.50. The highest BCUT2D eigenvalue weighted by Gasteiger charge is 2.40. The number of allylic oxidation sites excluding steroid dienone is 10. The van der Waals surface area contributed by atoms with Gasteiger partial charge in [-0.15, -0.1) is 0 Å². The molecular weight excluding hydrogens is 528 g/mol. The first kappa shape index (κ1) is 28.8. The van der Waals surface area contributed by atoms with E-state index in [1.807, 2.05) is 0 Å². The third-order valence-corrected chi connectivity index (χ3v) is 11.3. The van der Waals surface area contributed by atoms with Crippen molar-refractivity contribution in [2.24, 2.45) is 0 Å². The van der Waals surface area contributed by atoms with Gasteiger partial charge in [-0.3, -0.25) is 0 Å². The molecule has 0 amide bonds. The Labute approximate surface area is 264 Å². The van der Waals surface area contributed by atoms with Gasteiger partial charge in [0.1, 0.15) is 0 Å². The van der Waals surface area contributed by atoms with Crippen LogP contribution in [0.2, 0.25) is 0 Å². The van der Waals surface area contributed by atoms with Gasteiger partial charge >= 0.3 is 0 Å². The van der Waals surface area contributed by atoms with Crippen molar-refractivity contribution in [3.63, 3.8) is 0 Å². The second kappa shape index (κ2) is 10.1. The van der Waals surface area contributed by atoms with Crippen LogP contribution < -0.4 is 0 Å². The van der Waals surface area contributed by atoms with Crippen LogP contribution in [0.4, 0.5) is 0 Å². The lowest BCUT2D eigenvalue weighted by molar-refractivity contribution is 0.630. The fraction of sp³-hybridized carbons (Fsp3) is 0.318. The van der Waals surface area contributed by atoms with Crippen LogP contribution in [0.5, 0.6) is 0 Å². The molecule has 0 saturated heterocycles. The minimum Gasteiger partial charge on any atom is -0.0613 e. The maximum Gasteiger partial charge on any atom is 0.0161 e. The van der Waals surface area contributed by atoms with Crippen LogP contribution in [0.15, 0.2) is 113 Å². The molecule has 4 aromatic rings. The number of rotatable bonds is 3. The second-order valence-electron chi connectivity index (χ2n) is 14.8. The smallest absolute Gasteiger partial charge is 0.0161 e. The summed E-state index contributed by atoms with van der Waals surface area (Å²) in [4.78, 5) is 0. The zero-order valence-electron chi connectivity index (χ0n) is 28.1. The average molecular weight is 575 g/mol. The molecule has 0 saturated carbocycles. The highest BCUT2D eigenvalue weighted by Crippen LogP contribution is 2.53. The summed E-state index contributed by atoms with van der Waals surface area (Å²) >= 11 is 0. The van der Waals surface area contributed by atoms with Crippen molar-refractivity contribution in [3.8, 4) is 0 Å². The molecule has 0 aromatic heterocycles. The van der Waals surface area contributed by atoms with Crippen LogP contribution in [0.3, 0.4) is 0 Å². The minimum absolute atomic E-state index is 0.00939. The summed E-state index contributed by atoms with van der Waals surface area (Å²) in [5.41, 5.74) is 17.3. The van der Waals surface area contributed by atoms with Gasteiger partial charge in [0.25, 0.3) is 0 Å². The maximum atomic E-state index is 2.46. The fourth-order valence-electron chi connectivity index (χ4n) is 8.89. The van der Waals surface area contributed by atoms with Crippen molar-refractivity contribution >= 4 is 27.1 Å². The Morgan fingerprint density at radius 3 is 1.95 bits per heavy atom. The number of fused-ring (bicyclic) bond motifs is 6. The number of aryl methyl sites for hydroxylation is 2. The Bertz CT molecular complexity index is 2040. The molecule has 0 bridgehead atoms. The van der Waals surface area contributed by atoms with Gasteiger partial charge in [0.2, 0.25) is 0 Å². The molecule has 1 unspecified atom stereocenters. The van der Waals surface area contributed by atoms with E-state index in [1.54, 1.807) is 0 Å². The monoisotopic (exact) mass is 574 g/mol. The molecule has 0 heterocycles. The zero-order valence-corrected chi connectivity index (χ0v) is 28.1. The first-order valence-corrected chi connectivity index (χ1v) is 16.5. The number of hydrogen-bond donors (Lipinski definition) is 0. The lowest BCUT2D eigenvalue weighted by Crippen LogP contribution is -2.16. The Morgan fingerprint density at radius 1 is 0.636 bits per heavy atom. The van der Waals surface area contributed by atoms with E-state index in [4.69, 9.17) is 0 Å². The molecule has 0 fully saturated rings. The first-order valence-electron chi connectivity index (χ1n) is 16.5. The van der Waals surface area contributed by atoms with Crippen molar-refractivity contribution in [2.75, 3.05) is 0 Å². The molecule has 0 N–H and O–H groups in total. The Morgan fingerprint density at radius 2 is 1.27 bits per heavy atom. The van der Waals surface area contributed by atoms with Gasteiger partial charge in [0.05, 0.1) is 0 Å². The van der Waals surface area contributed by atoms with E-state index >= 15 is 0 Å². The summed E-state index contributed by atoms with van der Waals surface area (Å²) in [7, 11) is 0. The zero-order chi connectivity index (χ0) is 31.1. The summed E-state index contributed by atoms with van der Waals surface area (Å²) in [6.07, 6.45) is 12.0. The van der Waals surface area contributed by atoms with Crippen molar-refractivity contribution in [3.05, 3.63) is 146 Å². The molecule has 4 aromatic carbocycles. The second-order valence-corrected chi connectivity index (χ2v) is 14.8. The highest BCUT2D eigenvalue weighted by atomic mass is 14.4. The van der Waals surface area contributed by atoms with Crippen LogP contribution in [-0.2, 0) is 10.8 Å². The van der Waals surface area contributed by atoms with Crippen LogP contribution in [0, 0.1) is 13.8 Å². The van der Waals surface area contributed by atoms with Crippen LogP contribution in [-0.4, -0.2) is 0 Å². The lowest BCUT2D eigenvalue weighted by Gasteiger charge is -2.25. The van der Waals surface area contributed by atoms with E-state index in [2.05, 4.69) is 147 Å². The van der Waals surface area contributed by atoms with Crippen LogP contribution in [0.1, 0.15) is 101 Å². The SMILES string of the molecule is CC1=C(/C=C/C2=C(C)c3ccc4cc(C)ccc4c3C2(C)C)CC/C1=C\C=C1\C(C)c2ccc3cc(C)ccc3c2C1(C)C. The third-order valence-electron chi connectivity index (χ3n) is 11.3. The summed E-state index contributed by atoms with van der Waals surface area (Å²) in [5.74, 6) is 0.425. The molecule has 0 spiro atoms. The van der Waals surface area contributed by atoms with Crippen LogP contribution in [0.25, 0.3) is 27.1 Å². The van der Waals surface area contributed by atoms with Crippen molar-refractivity contribution < 1.29 is 0 Å². The molecule has 0 heteroatoms. The normalized spacial score (nSPS) is 22.4. The Balaban J connectivity index is 1.20. The predicted octanol–water partition coefficient (Wildman–Crippen LogP) is 12.3. The van der Waals surface area contributed by atoms with E-state index in [9.17, 15) is 0 Å². The maximum absolute atomic E-state index is 2.46. The van der Waals surface area contributed by atoms with E-state index < -0.39 is 0 Å². The predicted molar refractivity (Wildman–Crippen MR) is 192 cm³/mol. The Hall–Kier alpha value is -3.90. The van der Waals surface area contributed by atoms with E-state index in [-0.39, 0.29) is 10.8 Å². The van der Waals surface area contributed by atoms with E-state index in [0.29, 0.717) is 5.92 Å². The summed E-state index contributed by atoms with van der Waals surface area (Å²) < 4.78 is 0. The molecular formula is C44H46. The largest absolute Gasteiger partial charge is 0.0613 e. The van der Waals surface area contributed by atoms with Crippen molar-refractivity contribution in [1.82, 2.24) is 0 Å². The molecule has 0 nitrogen and oxygen atoms in total. The van der Waals surface area contributed by atoms with Gasteiger partial charge < -0.3 is 0 Å². The topological polar surface area (TPSA) is 0 Å². The van der Waals surface area contributed by atoms with E-state index in [0.717, 1.165) is 12.8 Å². The van der Waals surface area contributed by atoms with Gasteiger partial charge in [0, 0.05) is 16.7 Å². The van der Waals surface area contributed by atoms with Gasteiger partial charge in [0.15, 0.2) is 0 Å². The molecule has 7 rings (SSSR count). The minimum atomic E-state index is -0.0249. The van der Waals surface area contributed by atoms with Crippen LogP contribution >= 0.6 is 0 Å². The highest BCUT2D eigenvalue weighted by molar-refractivity contribution is 5.96. The standard InChI is InChI=1S/C44H46/c1-26-10-18-37-33(24-26)14-20-35-29(4)39(43(6,7)41(35)37)22-16-31-12-13-32(28(31)3)17-23-40-30(5)36-21-15-34-25-27(2)11-19-38(34)42(36)44(40,8)9/h10-11,14-25,29H,12-13H2,1-9H3/b23-17+,31-16+,39-22-. The van der Waals surface area contributed by atoms with E-state index in [1.165, 1.54) is 88.4 Å². The summed E-state index contributed by atoms with van der Waals surface area (Å²) in [5, 5.41) is 5.51. The van der Waals surface area contributed by atoms with Gasteiger partial charge in [-0.2, -0.15) is 0 Å². The molecule has 1 atom stereocenters. The third kappa shape index (κ3) is 4.25. The molecule has 44 heavy (non-hydrogen) atoms. The van der Waals surface area contributed by atoms with Crippen molar-refractivity contribution in [2.45, 2.75) is 91.9 Å². The summed E-state index contributed by atoms with van der Waals surface area (Å²) in [6.45, 7) is 21.1. The number of benzene rings is 4. The first-order chi connectivity index (χ1) is 20.9. The molecule has 3 aliphatic carbocycles. The summed E-state index contributed by atoms with van der Waals surface area (Å²) in [6, 6.07) is 23.2. The molecule has 0 radical (unpaired) electrons. The van der Waals surface area contributed by atoms with Gasteiger partial charge in [-0.25, -0.2) is 0 Å².